The Bertz CT molecular complexity index is 571. The fourth-order valence-electron chi connectivity index (χ4n) is 1.74. The number of nitrogens with two attached hydrogens (primary N) is 1. The minimum Gasteiger partial charge on any atom is -0.379 e. The Kier molecular flexibility index (Phi) is 5.50. The SMILES string of the molecule is CCCOCC(N)c1noc(-c2cccc(C)c2I)n1. The normalized spacial score (nSPS) is 12.6. The lowest BCUT2D eigenvalue weighted by Crippen LogP contribution is -2.18. The van der Waals surface area contributed by atoms with Crippen LogP contribution in [-0.4, -0.2) is 23.4 Å². The molecule has 1 heterocycles. The summed E-state index contributed by atoms with van der Waals surface area (Å²) in [6, 6.07) is 5.63. The van der Waals surface area contributed by atoms with Crippen LogP contribution in [0.25, 0.3) is 11.5 Å². The Morgan fingerprint density at radius 2 is 2.25 bits per heavy atom. The first-order valence-electron chi connectivity index (χ1n) is 6.56. The molecule has 1 atom stereocenters. The Morgan fingerprint density at radius 3 is 3.00 bits per heavy atom. The topological polar surface area (TPSA) is 74.2 Å². The highest BCUT2D eigenvalue weighted by Gasteiger charge is 2.17. The zero-order valence-corrected chi connectivity index (χ0v) is 13.8. The maximum absolute atomic E-state index is 5.98. The van der Waals surface area contributed by atoms with Gasteiger partial charge in [0.1, 0.15) is 0 Å². The molecule has 20 heavy (non-hydrogen) atoms. The van der Waals surface area contributed by atoms with Gasteiger partial charge in [-0.1, -0.05) is 24.2 Å². The molecule has 1 aromatic heterocycles. The molecule has 2 aromatic rings. The highest BCUT2D eigenvalue weighted by molar-refractivity contribution is 14.1. The van der Waals surface area contributed by atoms with E-state index in [4.69, 9.17) is 15.0 Å². The zero-order chi connectivity index (χ0) is 14.5. The third kappa shape index (κ3) is 3.56. The van der Waals surface area contributed by atoms with E-state index in [0.717, 1.165) is 15.6 Å². The van der Waals surface area contributed by atoms with Crippen molar-refractivity contribution in [3.05, 3.63) is 33.2 Å². The fraction of sp³-hybridized carbons (Fsp3) is 0.429. The highest BCUT2D eigenvalue weighted by atomic mass is 127. The molecular weight excluding hydrogens is 369 g/mol. The van der Waals surface area contributed by atoms with Crippen molar-refractivity contribution in [3.8, 4) is 11.5 Å². The van der Waals surface area contributed by atoms with Gasteiger partial charge in [-0.15, -0.1) is 0 Å². The van der Waals surface area contributed by atoms with Crippen LogP contribution in [0.1, 0.15) is 30.8 Å². The average molecular weight is 387 g/mol. The van der Waals surface area contributed by atoms with Gasteiger partial charge in [-0.2, -0.15) is 4.98 Å². The van der Waals surface area contributed by atoms with E-state index in [2.05, 4.69) is 39.7 Å². The minimum atomic E-state index is -0.360. The summed E-state index contributed by atoms with van der Waals surface area (Å²) in [5.41, 5.74) is 8.10. The molecule has 0 aliphatic heterocycles. The first kappa shape index (κ1) is 15.4. The van der Waals surface area contributed by atoms with Crippen LogP contribution >= 0.6 is 22.6 Å². The second kappa shape index (κ2) is 7.14. The van der Waals surface area contributed by atoms with Gasteiger partial charge >= 0.3 is 0 Å². The first-order chi connectivity index (χ1) is 9.63. The lowest BCUT2D eigenvalue weighted by Gasteiger charge is -2.06. The van der Waals surface area contributed by atoms with Crippen LogP contribution in [0, 0.1) is 10.5 Å². The number of aromatic nitrogens is 2. The number of ether oxygens (including phenoxy) is 1. The largest absolute Gasteiger partial charge is 0.379 e. The summed E-state index contributed by atoms with van der Waals surface area (Å²) in [6.45, 7) is 5.19. The van der Waals surface area contributed by atoms with Gasteiger partial charge < -0.3 is 15.0 Å². The van der Waals surface area contributed by atoms with Crippen LogP contribution in [0.5, 0.6) is 0 Å². The molecule has 6 heteroatoms. The van der Waals surface area contributed by atoms with Gasteiger partial charge in [-0.3, -0.25) is 0 Å². The van der Waals surface area contributed by atoms with E-state index in [1.165, 1.54) is 5.56 Å². The summed E-state index contributed by atoms with van der Waals surface area (Å²) in [5.74, 6) is 0.979. The maximum atomic E-state index is 5.98. The number of rotatable bonds is 6. The molecule has 0 aliphatic carbocycles. The second-order valence-electron chi connectivity index (χ2n) is 4.58. The molecule has 0 amide bonds. The molecule has 0 fully saturated rings. The minimum absolute atomic E-state index is 0.360. The van der Waals surface area contributed by atoms with Gasteiger partial charge in [0.15, 0.2) is 5.82 Å². The van der Waals surface area contributed by atoms with Crippen molar-refractivity contribution in [1.82, 2.24) is 10.1 Å². The van der Waals surface area contributed by atoms with Crippen molar-refractivity contribution in [2.75, 3.05) is 13.2 Å². The predicted molar refractivity (Wildman–Crippen MR) is 85.2 cm³/mol. The molecule has 0 spiro atoms. The fourth-order valence-corrected chi connectivity index (χ4v) is 2.33. The third-order valence-electron chi connectivity index (χ3n) is 2.84. The van der Waals surface area contributed by atoms with Gasteiger partial charge in [-0.25, -0.2) is 0 Å². The van der Waals surface area contributed by atoms with Crippen molar-refractivity contribution in [2.24, 2.45) is 5.73 Å². The second-order valence-corrected chi connectivity index (χ2v) is 5.65. The number of hydrogen-bond acceptors (Lipinski definition) is 5. The monoisotopic (exact) mass is 387 g/mol. The van der Waals surface area contributed by atoms with E-state index in [0.29, 0.717) is 24.9 Å². The lowest BCUT2D eigenvalue weighted by atomic mass is 10.1. The standard InChI is InChI=1S/C14H18IN3O2/c1-3-7-19-8-11(16)13-17-14(20-18-13)10-6-4-5-9(2)12(10)15/h4-6,11H,3,7-8,16H2,1-2H3. The van der Waals surface area contributed by atoms with Crippen LogP contribution in [0.3, 0.4) is 0 Å². The Labute approximate surface area is 132 Å². The van der Waals surface area contributed by atoms with Crippen LogP contribution in [0.15, 0.2) is 22.7 Å². The number of halogens is 1. The van der Waals surface area contributed by atoms with Gasteiger partial charge in [0.2, 0.25) is 0 Å². The van der Waals surface area contributed by atoms with E-state index in [-0.39, 0.29) is 6.04 Å². The van der Waals surface area contributed by atoms with Crippen LogP contribution < -0.4 is 5.73 Å². The Morgan fingerprint density at radius 1 is 1.45 bits per heavy atom. The molecule has 2 rings (SSSR count). The van der Waals surface area contributed by atoms with Gasteiger partial charge in [-0.05, 0) is 47.6 Å². The van der Waals surface area contributed by atoms with Gasteiger partial charge in [0.25, 0.3) is 5.89 Å². The quantitative estimate of drug-likeness (QED) is 0.609. The summed E-state index contributed by atoms with van der Waals surface area (Å²) in [7, 11) is 0. The lowest BCUT2D eigenvalue weighted by molar-refractivity contribution is 0.119. The van der Waals surface area contributed by atoms with Crippen LogP contribution in [-0.2, 0) is 4.74 Å². The number of benzene rings is 1. The van der Waals surface area contributed by atoms with E-state index < -0.39 is 0 Å². The van der Waals surface area contributed by atoms with Crippen LogP contribution in [0.2, 0.25) is 0 Å². The van der Waals surface area contributed by atoms with Crippen molar-refractivity contribution in [1.29, 1.82) is 0 Å². The maximum Gasteiger partial charge on any atom is 0.259 e. The van der Waals surface area contributed by atoms with Crippen molar-refractivity contribution in [3.63, 3.8) is 0 Å². The highest BCUT2D eigenvalue weighted by Crippen LogP contribution is 2.26. The molecule has 1 aromatic carbocycles. The zero-order valence-electron chi connectivity index (χ0n) is 11.6. The summed E-state index contributed by atoms with van der Waals surface area (Å²) in [4.78, 5) is 4.37. The van der Waals surface area contributed by atoms with Crippen molar-refractivity contribution in [2.45, 2.75) is 26.3 Å². The molecule has 108 valence electrons. The Balaban J connectivity index is 2.14. The molecule has 2 N–H and O–H groups in total. The summed E-state index contributed by atoms with van der Waals surface area (Å²) >= 11 is 2.28. The van der Waals surface area contributed by atoms with Gasteiger partial charge in [0.05, 0.1) is 18.2 Å². The smallest absolute Gasteiger partial charge is 0.259 e. The molecule has 0 aliphatic rings. The number of aryl methyl sites for hydroxylation is 1. The van der Waals surface area contributed by atoms with E-state index >= 15 is 0 Å². The molecule has 0 saturated heterocycles. The predicted octanol–water partition coefficient (Wildman–Crippen LogP) is 3.08. The molecule has 0 bridgehead atoms. The molecule has 5 nitrogen and oxygen atoms in total. The summed E-state index contributed by atoms with van der Waals surface area (Å²) in [6.07, 6.45) is 0.964. The van der Waals surface area contributed by atoms with Crippen molar-refractivity contribution >= 4 is 22.6 Å². The summed E-state index contributed by atoms with van der Waals surface area (Å²) in [5, 5.41) is 3.95. The molecule has 0 saturated carbocycles. The van der Waals surface area contributed by atoms with Crippen LogP contribution in [0.4, 0.5) is 0 Å². The number of hydrogen-bond donors (Lipinski definition) is 1. The number of nitrogens with zero attached hydrogens (tertiary/aromatic N) is 2. The van der Waals surface area contributed by atoms with E-state index in [1.807, 2.05) is 25.1 Å². The molecule has 1 unspecified atom stereocenters. The van der Waals surface area contributed by atoms with E-state index in [1.54, 1.807) is 0 Å². The summed E-state index contributed by atoms with van der Waals surface area (Å²) < 4.78 is 11.8. The Hall–Kier alpha value is -0.990. The van der Waals surface area contributed by atoms with E-state index in [9.17, 15) is 0 Å². The molecule has 0 radical (unpaired) electrons. The van der Waals surface area contributed by atoms with Crippen molar-refractivity contribution < 1.29 is 9.26 Å². The average Bonchev–Trinajstić information content (AvgIpc) is 2.91. The molecular formula is C14H18IN3O2. The third-order valence-corrected chi connectivity index (χ3v) is 4.27. The van der Waals surface area contributed by atoms with Gasteiger partial charge in [0, 0.05) is 10.2 Å². The first-order valence-corrected chi connectivity index (χ1v) is 7.63.